The predicted octanol–water partition coefficient (Wildman–Crippen LogP) is 2.08. The van der Waals surface area contributed by atoms with Crippen molar-refractivity contribution in [3.05, 3.63) is 12.7 Å². The topological polar surface area (TPSA) is 46.8 Å². The fourth-order valence-electron chi connectivity index (χ4n) is 2.55. The first kappa shape index (κ1) is 11.4. The molecule has 1 fully saturated rings. The van der Waals surface area contributed by atoms with E-state index < -0.39 is 0 Å². The maximum atomic E-state index is 4.48. The summed E-state index contributed by atoms with van der Waals surface area (Å²) >= 11 is 0. The minimum absolute atomic E-state index is 0.826. The van der Waals surface area contributed by atoms with E-state index in [4.69, 9.17) is 0 Å². The van der Waals surface area contributed by atoms with Gasteiger partial charge in [0.05, 0.1) is 6.33 Å². The van der Waals surface area contributed by atoms with Gasteiger partial charge < -0.3 is 9.47 Å². The van der Waals surface area contributed by atoms with Crippen LogP contribution in [0.3, 0.4) is 0 Å². The smallest absolute Gasteiger partial charge is 0.165 e. The first-order chi connectivity index (χ1) is 8.79. The number of nitrogens with zero attached hydrogens (tertiary/aromatic N) is 5. The lowest BCUT2D eigenvalue weighted by Crippen LogP contribution is -2.33. The standard InChI is InChI=1S/C13H19N5/c1-3-17-9-16-11-12(17)14-8-15-13(11)18-6-4-10(2)5-7-18/h8-10H,3-7H2,1-2H3. The van der Waals surface area contributed by atoms with Crippen LogP contribution in [0.15, 0.2) is 12.7 Å². The molecule has 96 valence electrons. The molecule has 3 rings (SSSR count). The van der Waals surface area contributed by atoms with E-state index in [0.29, 0.717) is 0 Å². The van der Waals surface area contributed by atoms with E-state index in [1.807, 2.05) is 6.33 Å². The number of hydrogen-bond acceptors (Lipinski definition) is 4. The Hall–Kier alpha value is -1.65. The zero-order valence-electron chi connectivity index (χ0n) is 11.0. The summed E-state index contributed by atoms with van der Waals surface area (Å²) in [5.74, 6) is 1.82. The molecule has 2 aromatic heterocycles. The summed E-state index contributed by atoms with van der Waals surface area (Å²) in [5.41, 5.74) is 1.88. The molecule has 5 nitrogen and oxygen atoms in total. The Morgan fingerprint density at radius 2 is 2.00 bits per heavy atom. The van der Waals surface area contributed by atoms with Crippen LogP contribution in [-0.4, -0.2) is 32.6 Å². The predicted molar refractivity (Wildman–Crippen MR) is 71.6 cm³/mol. The van der Waals surface area contributed by atoms with Crippen LogP contribution in [0, 0.1) is 5.92 Å². The lowest BCUT2D eigenvalue weighted by Gasteiger charge is -2.31. The van der Waals surface area contributed by atoms with Gasteiger partial charge in [-0.25, -0.2) is 15.0 Å². The molecule has 0 N–H and O–H groups in total. The Balaban J connectivity index is 1.99. The van der Waals surface area contributed by atoms with Crippen molar-refractivity contribution in [1.29, 1.82) is 0 Å². The molecule has 1 aliphatic heterocycles. The highest BCUT2D eigenvalue weighted by Gasteiger charge is 2.20. The largest absolute Gasteiger partial charge is 0.355 e. The number of anilines is 1. The average Bonchev–Trinajstić information content (AvgIpc) is 2.82. The highest BCUT2D eigenvalue weighted by atomic mass is 15.2. The minimum Gasteiger partial charge on any atom is -0.355 e. The van der Waals surface area contributed by atoms with Gasteiger partial charge in [-0.2, -0.15) is 0 Å². The summed E-state index contributed by atoms with van der Waals surface area (Å²) in [4.78, 5) is 15.6. The molecule has 5 heteroatoms. The van der Waals surface area contributed by atoms with Crippen molar-refractivity contribution >= 4 is 17.0 Å². The number of imidazole rings is 1. The number of rotatable bonds is 2. The van der Waals surface area contributed by atoms with Crippen molar-refractivity contribution in [2.45, 2.75) is 33.2 Å². The van der Waals surface area contributed by atoms with Crippen LogP contribution in [-0.2, 0) is 6.54 Å². The monoisotopic (exact) mass is 245 g/mol. The minimum atomic E-state index is 0.826. The number of piperidine rings is 1. The lowest BCUT2D eigenvalue weighted by atomic mass is 9.99. The van der Waals surface area contributed by atoms with E-state index in [2.05, 4.69) is 38.3 Å². The van der Waals surface area contributed by atoms with Gasteiger partial charge in [0.1, 0.15) is 6.33 Å². The van der Waals surface area contributed by atoms with Crippen LogP contribution in [0.25, 0.3) is 11.2 Å². The van der Waals surface area contributed by atoms with Gasteiger partial charge in [0.25, 0.3) is 0 Å². The highest BCUT2D eigenvalue weighted by molar-refractivity contribution is 5.83. The third kappa shape index (κ3) is 1.83. The summed E-state index contributed by atoms with van der Waals surface area (Å²) in [6.45, 7) is 7.46. The number of aryl methyl sites for hydroxylation is 1. The summed E-state index contributed by atoms with van der Waals surface area (Å²) < 4.78 is 2.06. The SMILES string of the molecule is CCn1cnc2c(N3CCC(C)CC3)ncnc21. The van der Waals surface area contributed by atoms with Crippen LogP contribution in [0.5, 0.6) is 0 Å². The normalized spacial score (nSPS) is 17.6. The van der Waals surface area contributed by atoms with Gasteiger partial charge in [0.2, 0.25) is 0 Å². The Morgan fingerprint density at radius 1 is 1.22 bits per heavy atom. The highest BCUT2D eigenvalue weighted by Crippen LogP contribution is 2.26. The zero-order chi connectivity index (χ0) is 12.5. The van der Waals surface area contributed by atoms with E-state index in [1.54, 1.807) is 6.33 Å². The second-order valence-electron chi connectivity index (χ2n) is 5.07. The van der Waals surface area contributed by atoms with Gasteiger partial charge in [-0.1, -0.05) is 6.92 Å². The summed E-state index contributed by atoms with van der Waals surface area (Å²) in [6, 6.07) is 0. The van der Waals surface area contributed by atoms with Gasteiger partial charge >= 0.3 is 0 Å². The summed E-state index contributed by atoms with van der Waals surface area (Å²) in [7, 11) is 0. The lowest BCUT2D eigenvalue weighted by molar-refractivity contribution is 0.437. The molecule has 0 spiro atoms. The quantitative estimate of drug-likeness (QED) is 0.812. The van der Waals surface area contributed by atoms with E-state index >= 15 is 0 Å². The molecule has 0 saturated carbocycles. The maximum Gasteiger partial charge on any atom is 0.165 e. The average molecular weight is 245 g/mol. The molecule has 0 aromatic carbocycles. The van der Waals surface area contributed by atoms with E-state index in [0.717, 1.165) is 42.5 Å². The molecule has 18 heavy (non-hydrogen) atoms. The molecule has 0 bridgehead atoms. The zero-order valence-corrected chi connectivity index (χ0v) is 11.0. The van der Waals surface area contributed by atoms with Crippen molar-refractivity contribution in [3.8, 4) is 0 Å². The second kappa shape index (κ2) is 4.55. The van der Waals surface area contributed by atoms with Crippen molar-refractivity contribution in [2.75, 3.05) is 18.0 Å². The molecular formula is C13H19N5. The molecule has 0 radical (unpaired) electrons. The van der Waals surface area contributed by atoms with Crippen molar-refractivity contribution in [2.24, 2.45) is 5.92 Å². The Kier molecular flexibility index (Phi) is 2.89. The van der Waals surface area contributed by atoms with Gasteiger partial charge in [-0.05, 0) is 25.7 Å². The summed E-state index contributed by atoms with van der Waals surface area (Å²) in [5, 5.41) is 0. The van der Waals surface area contributed by atoms with E-state index in [1.165, 1.54) is 12.8 Å². The first-order valence-corrected chi connectivity index (χ1v) is 6.70. The van der Waals surface area contributed by atoms with Crippen LogP contribution < -0.4 is 4.90 Å². The molecule has 1 saturated heterocycles. The Bertz CT molecular complexity index is 539. The number of fused-ring (bicyclic) bond motifs is 1. The fraction of sp³-hybridized carbons (Fsp3) is 0.615. The number of aromatic nitrogens is 4. The van der Waals surface area contributed by atoms with Crippen molar-refractivity contribution in [1.82, 2.24) is 19.5 Å². The van der Waals surface area contributed by atoms with E-state index in [9.17, 15) is 0 Å². The molecule has 0 aliphatic carbocycles. The molecule has 2 aromatic rings. The van der Waals surface area contributed by atoms with Gasteiger partial charge in [0.15, 0.2) is 17.0 Å². The molecule has 3 heterocycles. The molecule has 0 amide bonds. The van der Waals surface area contributed by atoms with Gasteiger partial charge in [-0.3, -0.25) is 0 Å². The van der Waals surface area contributed by atoms with Crippen molar-refractivity contribution in [3.63, 3.8) is 0 Å². The maximum absolute atomic E-state index is 4.48. The van der Waals surface area contributed by atoms with Crippen LogP contribution in [0.2, 0.25) is 0 Å². The first-order valence-electron chi connectivity index (χ1n) is 6.70. The molecule has 0 atom stereocenters. The Morgan fingerprint density at radius 3 is 2.72 bits per heavy atom. The van der Waals surface area contributed by atoms with Crippen molar-refractivity contribution < 1.29 is 0 Å². The third-order valence-electron chi connectivity index (χ3n) is 3.81. The van der Waals surface area contributed by atoms with Crippen LogP contribution in [0.1, 0.15) is 26.7 Å². The molecule has 1 aliphatic rings. The van der Waals surface area contributed by atoms with Crippen LogP contribution >= 0.6 is 0 Å². The van der Waals surface area contributed by atoms with E-state index in [-0.39, 0.29) is 0 Å². The second-order valence-corrected chi connectivity index (χ2v) is 5.07. The Labute approximate surface area is 107 Å². The van der Waals surface area contributed by atoms with Crippen LogP contribution in [0.4, 0.5) is 5.82 Å². The fourth-order valence-corrected chi connectivity index (χ4v) is 2.55. The summed E-state index contributed by atoms with van der Waals surface area (Å²) in [6.07, 6.45) is 5.99. The molecule has 0 unspecified atom stereocenters. The van der Waals surface area contributed by atoms with Gasteiger partial charge in [0, 0.05) is 19.6 Å². The van der Waals surface area contributed by atoms with Gasteiger partial charge in [-0.15, -0.1) is 0 Å². The third-order valence-corrected chi connectivity index (χ3v) is 3.81. The molecular weight excluding hydrogens is 226 g/mol. The number of hydrogen-bond donors (Lipinski definition) is 0.